The van der Waals surface area contributed by atoms with Crippen molar-refractivity contribution < 1.29 is 30.8 Å². The predicted octanol–water partition coefficient (Wildman–Crippen LogP) is 4.45. The molecular weight excluding hydrogens is 534 g/mol. The zero-order chi connectivity index (χ0) is 27.8. The zero-order valence-electron chi connectivity index (χ0n) is 20.8. The average molecular weight is 562 g/mol. The van der Waals surface area contributed by atoms with Gasteiger partial charge in [-0.05, 0) is 35.7 Å². The molecule has 6 nitrogen and oxygen atoms in total. The van der Waals surface area contributed by atoms with Crippen LogP contribution in [0.4, 0.5) is 17.6 Å². The van der Waals surface area contributed by atoms with E-state index in [1.165, 1.54) is 0 Å². The number of carbonyl (C=O) groups excluding carboxylic acids is 1. The molecule has 2 aliphatic rings. The van der Waals surface area contributed by atoms with Crippen LogP contribution in [0.5, 0.6) is 0 Å². The van der Waals surface area contributed by atoms with Gasteiger partial charge in [0.05, 0.1) is 22.4 Å². The minimum absolute atomic E-state index is 0.0334. The number of hydrogen-bond donors (Lipinski definition) is 1. The summed E-state index contributed by atoms with van der Waals surface area (Å²) >= 11 is 0. The lowest BCUT2D eigenvalue weighted by atomic mass is 9.97. The van der Waals surface area contributed by atoms with Crippen molar-refractivity contribution in [1.29, 1.82) is 0 Å². The van der Waals surface area contributed by atoms with E-state index in [1.54, 1.807) is 0 Å². The molecule has 0 radical (unpaired) electrons. The summed E-state index contributed by atoms with van der Waals surface area (Å²) in [4.78, 5) is 14.8. The molecular formula is C28H27F4N3O3S. The summed E-state index contributed by atoms with van der Waals surface area (Å²) in [5.41, 5.74) is 0.247. The maximum atomic E-state index is 13.7. The van der Waals surface area contributed by atoms with E-state index in [9.17, 15) is 30.8 Å². The second-order valence-corrected chi connectivity index (χ2v) is 11.8. The third kappa shape index (κ3) is 5.70. The van der Waals surface area contributed by atoms with Gasteiger partial charge in [-0.2, -0.15) is 17.5 Å². The Bertz CT molecular complexity index is 1400. The van der Waals surface area contributed by atoms with Gasteiger partial charge in [-0.25, -0.2) is 12.8 Å². The lowest BCUT2D eigenvalue weighted by Crippen LogP contribution is -2.51. The zero-order valence-corrected chi connectivity index (χ0v) is 21.6. The van der Waals surface area contributed by atoms with Gasteiger partial charge in [-0.3, -0.25) is 9.69 Å². The molecule has 0 aromatic heterocycles. The molecule has 5 rings (SSSR count). The molecule has 2 aliphatic heterocycles. The predicted molar refractivity (Wildman–Crippen MR) is 136 cm³/mol. The molecule has 0 aliphatic carbocycles. The number of nitrogens with one attached hydrogen (secondary N) is 1. The summed E-state index contributed by atoms with van der Waals surface area (Å²) < 4.78 is 80.7. The number of hydrogen-bond acceptors (Lipinski definition) is 4. The Balaban J connectivity index is 1.29. The Labute approximate surface area is 224 Å². The van der Waals surface area contributed by atoms with Gasteiger partial charge in [0.25, 0.3) is 0 Å². The van der Waals surface area contributed by atoms with Crippen molar-refractivity contribution in [2.24, 2.45) is 5.92 Å². The van der Waals surface area contributed by atoms with E-state index in [0.717, 1.165) is 21.5 Å². The number of amides is 1. The topological polar surface area (TPSA) is 69.7 Å². The SMILES string of the molecule is O=C(NC(c1ccccc1)c1ccccc1)C1CC2CN(S(=O)(=O)c3ccc(F)c(C(F)(F)F)c3)CCN2C1. The molecule has 1 amide bonds. The summed E-state index contributed by atoms with van der Waals surface area (Å²) in [6, 6.07) is 20.3. The van der Waals surface area contributed by atoms with Crippen LogP contribution in [0.2, 0.25) is 0 Å². The van der Waals surface area contributed by atoms with Crippen molar-refractivity contribution >= 4 is 15.9 Å². The Morgan fingerprint density at radius 2 is 1.51 bits per heavy atom. The molecule has 0 bridgehead atoms. The molecule has 3 aromatic rings. The molecule has 2 atom stereocenters. The number of nitrogens with zero attached hydrogens (tertiary/aromatic N) is 2. The molecule has 2 fully saturated rings. The van der Waals surface area contributed by atoms with Gasteiger partial charge in [-0.1, -0.05) is 60.7 Å². The first-order valence-electron chi connectivity index (χ1n) is 12.6. The molecule has 0 spiro atoms. The van der Waals surface area contributed by atoms with E-state index < -0.39 is 32.5 Å². The van der Waals surface area contributed by atoms with Gasteiger partial charge in [-0.15, -0.1) is 0 Å². The maximum Gasteiger partial charge on any atom is 0.419 e. The Morgan fingerprint density at radius 1 is 0.897 bits per heavy atom. The van der Waals surface area contributed by atoms with Crippen molar-refractivity contribution in [1.82, 2.24) is 14.5 Å². The number of fused-ring (bicyclic) bond motifs is 1. The first-order chi connectivity index (χ1) is 18.5. The molecule has 2 heterocycles. The van der Waals surface area contributed by atoms with E-state index in [4.69, 9.17) is 0 Å². The van der Waals surface area contributed by atoms with Crippen molar-refractivity contribution in [3.63, 3.8) is 0 Å². The fraction of sp³-hybridized carbons (Fsp3) is 0.321. The first-order valence-corrected chi connectivity index (χ1v) is 14.0. The van der Waals surface area contributed by atoms with Crippen molar-refractivity contribution in [3.05, 3.63) is 101 Å². The Hall–Kier alpha value is -3.28. The van der Waals surface area contributed by atoms with Crippen LogP contribution in [0, 0.1) is 11.7 Å². The number of alkyl halides is 3. The highest BCUT2D eigenvalue weighted by atomic mass is 32.2. The number of sulfonamides is 1. The van der Waals surface area contributed by atoms with E-state index in [1.807, 2.05) is 65.6 Å². The minimum atomic E-state index is -5.02. The fourth-order valence-electron chi connectivity index (χ4n) is 5.36. The second kappa shape index (κ2) is 10.7. The van der Waals surface area contributed by atoms with Gasteiger partial charge in [0.15, 0.2) is 0 Å². The summed E-state index contributed by atoms with van der Waals surface area (Å²) in [6.45, 7) is 0.880. The van der Waals surface area contributed by atoms with Crippen LogP contribution in [0.1, 0.15) is 29.2 Å². The lowest BCUT2D eigenvalue weighted by Gasteiger charge is -2.36. The van der Waals surface area contributed by atoms with Gasteiger partial charge in [0.1, 0.15) is 5.82 Å². The van der Waals surface area contributed by atoms with Gasteiger partial charge < -0.3 is 5.32 Å². The quantitative estimate of drug-likeness (QED) is 0.452. The van der Waals surface area contributed by atoms with E-state index in [2.05, 4.69) is 5.32 Å². The molecule has 39 heavy (non-hydrogen) atoms. The molecule has 3 aromatic carbocycles. The normalized spacial score (nSPS) is 20.6. The number of halogens is 4. The highest BCUT2D eigenvalue weighted by Crippen LogP contribution is 2.35. The molecule has 2 unspecified atom stereocenters. The number of rotatable bonds is 6. The third-order valence-corrected chi connectivity index (χ3v) is 9.24. The van der Waals surface area contributed by atoms with Crippen LogP contribution in [0.3, 0.4) is 0 Å². The number of piperazine rings is 1. The molecule has 11 heteroatoms. The van der Waals surface area contributed by atoms with Gasteiger partial charge in [0, 0.05) is 32.2 Å². The van der Waals surface area contributed by atoms with Crippen LogP contribution in [0.25, 0.3) is 0 Å². The van der Waals surface area contributed by atoms with E-state index in [-0.39, 0.29) is 37.0 Å². The van der Waals surface area contributed by atoms with Crippen molar-refractivity contribution in [2.75, 3.05) is 26.2 Å². The number of benzene rings is 3. The first kappa shape index (κ1) is 27.3. The van der Waals surface area contributed by atoms with Crippen LogP contribution < -0.4 is 5.32 Å². The molecule has 2 saturated heterocycles. The van der Waals surface area contributed by atoms with Crippen LogP contribution in [0.15, 0.2) is 83.8 Å². The van der Waals surface area contributed by atoms with Gasteiger partial charge in [0.2, 0.25) is 15.9 Å². The summed E-state index contributed by atoms with van der Waals surface area (Å²) in [7, 11) is -4.29. The largest absolute Gasteiger partial charge is 0.419 e. The van der Waals surface area contributed by atoms with Crippen LogP contribution in [-0.4, -0.2) is 55.8 Å². The minimum Gasteiger partial charge on any atom is -0.345 e. The third-order valence-electron chi connectivity index (χ3n) is 7.38. The highest BCUT2D eigenvalue weighted by molar-refractivity contribution is 7.89. The standard InChI is InChI=1S/C28H27F4N3O3S/c29-25-12-11-23(16-24(25)28(30,31)32)39(37,38)35-14-13-34-17-21(15-22(34)18-35)27(36)33-26(19-7-3-1-4-8-19)20-9-5-2-6-10-20/h1-12,16,21-22,26H,13-15,17-18H2,(H,33,36). The fourth-order valence-corrected chi connectivity index (χ4v) is 6.86. The summed E-state index contributed by atoms with van der Waals surface area (Å²) in [6.07, 6.45) is -4.61. The molecule has 0 saturated carbocycles. The molecule has 1 N–H and O–H groups in total. The Kier molecular flexibility index (Phi) is 7.49. The maximum absolute atomic E-state index is 13.7. The van der Waals surface area contributed by atoms with E-state index in [0.29, 0.717) is 31.6 Å². The number of carbonyl (C=O) groups is 1. The lowest BCUT2D eigenvalue weighted by molar-refractivity contribution is -0.140. The monoisotopic (exact) mass is 561 g/mol. The van der Waals surface area contributed by atoms with Crippen molar-refractivity contribution in [2.45, 2.75) is 29.6 Å². The Morgan fingerprint density at radius 3 is 2.10 bits per heavy atom. The van der Waals surface area contributed by atoms with Crippen LogP contribution in [-0.2, 0) is 21.0 Å². The summed E-state index contributed by atoms with van der Waals surface area (Å²) in [5.74, 6) is -2.06. The second-order valence-electron chi connectivity index (χ2n) is 9.85. The average Bonchev–Trinajstić information content (AvgIpc) is 3.36. The van der Waals surface area contributed by atoms with Crippen molar-refractivity contribution in [3.8, 4) is 0 Å². The molecule has 206 valence electrons. The van der Waals surface area contributed by atoms with Crippen LogP contribution >= 0.6 is 0 Å². The van der Waals surface area contributed by atoms with E-state index >= 15 is 0 Å². The summed E-state index contributed by atoms with van der Waals surface area (Å²) in [5, 5.41) is 3.15. The highest BCUT2D eigenvalue weighted by Gasteiger charge is 2.43. The van der Waals surface area contributed by atoms with Gasteiger partial charge >= 0.3 is 6.18 Å². The smallest absolute Gasteiger partial charge is 0.345 e.